The van der Waals surface area contributed by atoms with E-state index < -0.39 is 11.2 Å². The predicted molar refractivity (Wildman–Crippen MR) is 141 cm³/mol. The van der Waals surface area contributed by atoms with Gasteiger partial charge in [0.15, 0.2) is 11.2 Å². The number of fused-ring (bicyclic) bond motifs is 2. The number of H-pyrrole nitrogens is 1. The van der Waals surface area contributed by atoms with E-state index in [1.54, 1.807) is 11.7 Å². The van der Waals surface area contributed by atoms with Gasteiger partial charge in [0.05, 0.1) is 7.11 Å². The highest BCUT2D eigenvalue weighted by atomic mass is 16.5. The van der Waals surface area contributed by atoms with Crippen molar-refractivity contribution < 1.29 is 9.53 Å². The molecule has 0 saturated carbocycles. The molecule has 0 aliphatic carbocycles. The van der Waals surface area contributed by atoms with Crippen LogP contribution in [0.1, 0.15) is 70.2 Å². The van der Waals surface area contributed by atoms with E-state index in [1.165, 1.54) is 0 Å². The smallest absolute Gasteiger partial charge is 0.330 e. The van der Waals surface area contributed by atoms with Gasteiger partial charge < -0.3 is 14.2 Å². The summed E-state index contributed by atoms with van der Waals surface area (Å²) in [5, 5.41) is 0. The number of hydrogen-bond donors (Lipinski definition) is 1. The molecule has 9 heteroatoms. The van der Waals surface area contributed by atoms with Gasteiger partial charge in [-0.05, 0) is 49.4 Å². The zero-order chi connectivity index (χ0) is 25.7. The number of carbonyl (C=O) groups is 1. The van der Waals surface area contributed by atoms with Gasteiger partial charge in [0.2, 0.25) is 5.91 Å². The molecule has 0 unspecified atom stereocenters. The second-order valence-electron chi connectivity index (χ2n) is 9.47. The highest BCUT2D eigenvalue weighted by molar-refractivity contribution is 5.94. The van der Waals surface area contributed by atoms with Gasteiger partial charge in [-0.3, -0.25) is 19.1 Å². The van der Waals surface area contributed by atoms with Crippen molar-refractivity contribution in [1.82, 2.24) is 19.1 Å². The normalized spacial score (nSPS) is 13.2. The summed E-state index contributed by atoms with van der Waals surface area (Å²) in [5.74, 6) is 1.51. The summed E-state index contributed by atoms with van der Waals surface area (Å²) in [6, 6.07) is 5.85. The van der Waals surface area contributed by atoms with E-state index in [1.807, 2.05) is 27.7 Å². The predicted octanol–water partition coefficient (Wildman–Crippen LogP) is 3.80. The maximum Gasteiger partial charge on any atom is 0.330 e. The van der Waals surface area contributed by atoms with Gasteiger partial charge in [0.25, 0.3) is 5.56 Å². The maximum absolute atomic E-state index is 13.3. The molecule has 36 heavy (non-hydrogen) atoms. The van der Waals surface area contributed by atoms with Gasteiger partial charge in [-0.2, -0.15) is 0 Å². The number of benzene rings is 1. The quantitative estimate of drug-likeness (QED) is 0.408. The molecule has 0 saturated heterocycles. The standard InChI is InChI=1S/C27H37N5O4/c1-4-6-8-16-31-22(28-25-24(31)26(34)29-27(35)32(25)15-7-5-2)13-14-23(33)30-17-9-10-19-18-20(36-3)11-12-21(19)30/h11-12,18H,4-10,13-17H2,1-3H3,(H,29,34,35). The number of nitrogens with zero attached hydrogens (tertiary/aromatic N) is 4. The average Bonchev–Trinajstić information content (AvgIpc) is 3.25. The average molecular weight is 496 g/mol. The van der Waals surface area contributed by atoms with Crippen molar-refractivity contribution in [3.8, 4) is 5.75 Å². The molecular weight excluding hydrogens is 458 g/mol. The van der Waals surface area contributed by atoms with Crippen LogP contribution in [-0.2, 0) is 30.7 Å². The van der Waals surface area contributed by atoms with E-state index in [0.29, 0.717) is 43.0 Å². The van der Waals surface area contributed by atoms with E-state index in [0.717, 1.165) is 61.9 Å². The number of methoxy groups -OCH3 is 1. The van der Waals surface area contributed by atoms with Crippen molar-refractivity contribution in [2.24, 2.45) is 0 Å². The largest absolute Gasteiger partial charge is 0.497 e. The third-order valence-electron chi connectivity index (χ3n) is 6.95. The molecule has 2 aromatic heterocycles. The number of aromatic nitrogens is 4. The summed E-state index contributed by atoms with van der Waals surface area (Å²) in [7, 11) is 1.65. The summed E-state index contributed by atoms with van der Waals surface area (Å²) in [6.07, 6.45) is 7.23. The van der Waals surface area contributed by atoms with Gasteiger partial charge in [0, 0.05) is 38.2 Å². The molecule has 0 spiro atoms. The van der Waals surface area contributed by atoms with Gasteiger partial charge >= 0.3 is 5.69 Å². The van der Waals surface area contributed by atoms with Gasteiger partial charge in [0.1, 0.15) is 11.6 Å². The SMILES string of the molecule is CCCCCn1c(CCC(=O)N2CCCc3cc(OC)ccc32)nc2c1c(=O)[nH]c(=O)n2CCCC. The minimum Gasteiger partial charge on any atom is -0.497 e. The Bertz CT molecular complexity index is 1340. The Morgan fingerprint density at radius 1 is 1.08 bits per heavy atom. The molecule has 1 amide bonds. The van der Waals surface area contributed by atoms with Gasteiger partial charge in [-0.1, -0.05) is 33.1 Å². The van der Waals surface area contributed by atoms with Crippen LogP contribution in [-0.4, -0.2) is 38.7 Å². The minimum absolute atomic E-state index is 0.0329. The highest BCUT2D eigenvalue weighted by Crippen LogP contribution is 2.31. The number of nitrogens with one attached hydrogen (secondary N) is 1. The molecule has 0 bridgehead atoms. The molecular formula is C27H37N5O4. The van der Waals surface area contributed by atoms with Crippen molar-refractivity contribution in [1.29, 1.82) is 0 Å². The van der Waals surface area contributed by atoms with Gasteiger partial charge in [-0.15, -0.1) is 0 Å². The first-order chi connectivity index (χ1) is 17.5. The maximum atomic E-state index is 13.3. The molecule has 1 aliphatic heterocycles. The number of unbranched alkanes of at least 4 members (excludes halogenated alkanes) is 3. The first-order valence-electron chi connectivity index (χ1n) is 13.2. The Kier molecular flexibility index (Phi) is 8.28. The lowest BCUT2D eigenvalue weighted by molar-refractivity contribution is -0.118. The number of imidazole rings is 1. The Hall–Kier alpha value is -3.36. The molecule has 0 atom stereocenters. The second-order valence-corrected chi connectivity index (χ2v) is 9.47. The molecule has 0 fully saturated rings. The first kappa shape index (κ1) is 25.7. The lowest BCUT2D eigenvalue weighted by Crippen LogP contribution is -2.35. The molecule has 1 aromatic carbocycles. The van der Waals surface area contributed by atoms with Crippen LogP contribution in [0.15, 0.2) is 27.8 Å². The van der Waals surface area contributed by atoms with Crippen molar-refractivity contribution in [2.45, 2.75) is 84.7 Å². The Morgan fingerprint density at radius 2 is 1.86 bits per heavy atom. The van der Waals surface area contributed by atoms with Crippen LogP contribution in [0.2, 0.25) is 0 Å². The van der Waals surface area contributed by atoms with E-state index in [4.69, 9.17) is 9.72 Å². The number of anilines is 1. The zero-order valence-electron chi connectivity index (χ0n) is 21.6. The fourth-order valence-electron chi connectivity index (χ4n) is 5.01. The number of aryl methyl sites for hydroxylation is 4. The van der Waals surface area contributed by atoms with Crippen LogP contribution in [0.25, 0.3) is 11.2 Å². The molecule has 9 nitrogen and oxygen atoms in total. The van der Waals surface area contributed by atoms with E-state index in [2.05, 4.69) is 18.8 Å². The lowest BCUT2D eigenvalue weighted by atomic mass is 10.0. The Labute approximate surface area is 211 Å². The molecule has 1 N–H and O–H groups in total. The number of amides is 1. The minimum atomic E-state index is -0.429. The van der Waals surface area contributed by atoms with Crippen LogP contribution in [0, 0.1) is 0 Å². The Balaban J connectivity index is 1.64. The monoisotopic (exact) mass is 495 g/mol. The summed E-state index contributed by atoms with van der Waals surface area (Å²) >= 11 is 0. The molecule has 0 radical (unpaired) electrons. The Morgan fingerprint density at radius 3 is 2.61 bits per heavy atom. The lowest BCUT2D eigenvalue weighted by Gasteiger charge is -2.30. The number of hydrogen-bond acceptors (Lipinski definition) is 5. The van der Waals surface area contributed by atoms with Crippen molar-refractivity contribution >= 4 is 22.8 Å². The van der Waals surface area contributed by atoms with E-state index >= 15 is 0 Å². The summed E-state index contributed by atoms with van der Waals surface area (Å²) in [6.45, 7) is 6.01. The third kappa shape index (κ3) is 5.24. The summed E-state index contributed by atoms with van der Waals surface area (Å²) < 4.78 is 8.84. The van der Waals surface area contributed by atoms with Crippen LogP contribution in [0.3, 0.4) is 0 Å². The number of aromatic amines is 1. The molecule has 194 valence electrons. The van der Waals surface area contributed by atoms with E-state index in [-0.39, 0.29) is 12.3 Å². The van der Waals surface area contributed by atoms with Crippen molar-refractivity contribution in [2.75, 3.05) is 18.6 Å². The molecule has 4 rings (SSSR count). The molecule has 3 heterocycles. The number of ether oxygens (including phenoxy) is 1. The van der Waals surface area contributed by atoms with Crippen molar-refractivity contribution in [3.05, 3.63) is 50.4 Å². The highest BCUT2D eigenvalue weighted by Gasteiger charge is 2.24. The van der Waals surface area contributed by atoms with Crippen molar-refractivity contribution in [3.63, 3.8) is 0 Å². The second kappa shape index (κ2) is 11.6. The summed E-state index contributed by atoms with van der Waals surface area (Å²) in [4.78, 5) is 47.9. The number of rotatable bonds is 11. The van der Waals surface area contributed by atoms with Crippen LogP contribution in [0.5, 0.6) is 5.75 Å². The van der Waals surface area contributed by atoms with Crippen LogP contribution in [0.4, 0.5) is 5.69 Å². The third-order valence-corrected chi connectivity index (χ3v) is 6.95. The first-order valence-corrected chi connectivity index (χ1v) is 13.2. The molecule has 1 aliphatic rings. The zero-order valence-corrected chi connectivity index (χ0v) is 21.6. The number of carbonyl (C=O) groups excluding carboxylic acids is 1. The van der Waals surface area contributed by atoms with Gasteiger partial charge in [-0.25, -0.2) is 9.78 Å². The topological polar surface area (TPSA) is 102 Å². The summed E-state index contributed by atoms with van der Waals surface area (Å²) in [5.41, 5.74) is 2.07. The van der Waals surface area contributed by atoms with Crippen LogP contribution >= 0.6 is 0 Å². The molecule has 3 aromatic rings. The van der Waals surface area contributed by atoms with Crippen LogP contribution < -0.4 is 20.9 Å². The van der Waals surface area contributed by atoms with E-state index in [9.17, 15) is 14.4 Å². The fourth-order valence-corrected chi connectivity index (χ4v) is 5.01. The fraction of sp³-hybridized carbons (Fsp3) is 0.556.